The lowest BCUT2D eigenvalue weighted by Crippen LogP contribution is -2.14. The molecule has 0 saturated carbocycles. The average Bonchev–Trinajstić information content (AvgIpc) is 2.98. The summed E-state index contributed by atoms with van der Waals surface area (Å²) >= 11 is 1.98. The largest absolute Gasteiger partial charge is 0.242 e. The Labute approximate surface area is 154 Å². The van der Waals surface area contributed by atoms with Gasteiger partial charge in [0, 0.05) is 16.0 Å². The molecular formula is C23H25NS. The first-order valence-corrected chi connectivity index (χ1v) is 10.6. The standard InChI is InChI=1S/C23H25NS/c1-14-6-5-7-16(12-14)21-18-13-15(2)10-11-19(18)24-23-22(21)17-8-3-4-9-20(17)25-23/h5-7,12,15H,3-4,8-11,13H2,1-2H3/t15-/m0/s1. The third-order valence-electron chi connectivity index (χ3n) is 6.02. The Balaban J connectivity index is 1.88. The SMILES string of the molecule is Cc1cccc(-c2c3c(nc4sc5c(c24)CCCC5)CC[C@H](C)C3)c1. The molecule has 3 aromatic rings. The number of hydrogen-bond donors (Lipinski definition) is 0. The molecule has 0 bridgehead atoms. The van der Waals surface area contributed by atoms with Crippen LogP contribution in [0.5, 0.6) is 0 Å². The fourth-order valence-electron chi connectivity index (χ4n) is 4.75. The van der Waals surface area contributed by atoms with Crippen molar-refractivity contribution in [2.75, 3.05) is 0 Å². The summed E-state index contributed by atoms with van der Waals surface area (Å²) in [5.41, 5.74) is 8.82. The molecule has 0 saturated heterocycles. The fraction of sp³-hybridized carbons (Fsp3) is 0.435. The minimum absolute atomic E-state index is 0.768. The van der Waals surface area contributed by atoms with Gasteiger partial charge in [0.05, 0.1) is 0 Å². The number of aromatic nitrogens is 1. The summed E-state index contributed by atoms with van der Waals surface area (Å²) in [7, 11) is 0. The molecule has 1 atom stereocenters. The number of hydrogen-bond acceptors (Lipinski definition) is 2. The molecule has 0 amide bonds. The Morgan fingerprint density at radius 1 is 1.08 bits per heavy atom. The summed E-state index contributed by atoms with van der Waals surface area (Å²) in [5.74, 6) is 0.768. The van der Waals surface area contributed by atoms with Crippen LogP contribution in [-0.2, 0) is 25.7 Å². The molecule has 2 heteroatoms. The van der Waals surface area contributed by atoms with Crippen molar-refractivity contribution < 1.29 is 0 Å². The molecule has 2 aliphatic rings. The second kappa shape index (κ2) is 5.95. The highest BCUT2D eigenvalue weighted by atomic mass is 32.1. The van der Waals surface area contributed by atoms with Crippen molar-refractivity contribution in [3.8, 4) is 11.1 Å². The maximum atomic E-state index is 5.18. The number of benzene rings is 1. The van der Waals surface area contributed by atoms with Crippen molar-refractivity contribution in [3.05, 3.63) is 51.5 Å². The first kappa shape index (κ1) is 15.6. The van der Waals surface area contributed by atoms with Crippen LogP contribution in [0.3, 0.4) is 0 Å². The lowest BCUT2D eigenvalue weighted by atomic mass is 9.81. The van der Waals surface area contributed by atoms with E-state index in [9.17, 15) is 0 Å². The normalized spacial score (nSPS) is 19.7. The van der Waals surface area contributed by atoms with Crippen LogP contribution in [0.4, 0.5) is 0 Å². The Kier molecular flexibility index (Phi) is 3.71. The van der Waals surface area contributed by atoms with Gasteiger partial charge in [-0.15, -0.1) is 11.3 Å². The van der Waals surface area contributed by atoms with Gasteiger partial charge < -0.3 is 0 Å². The molecular weight excluding hydrogens is 322 g/mol. The van der Waals surface area contributed by atoms with Crippen molar-refractivity contribution in [1.29, 1.82) is 0 Å². The summed E-state index contributed by atoms with van der Waals surface area (Å²) in [5, 5.41) is 1.50. The van der Waals surface area contributed by atoms with Crippen LogP contribution in [0.2, 0.25) is 0 Å². The molecule has 2 aromatic heterocycles. The number of rotatable bonds is 1. The number of aryl methyl sites for hydroxylation is 4. The summed E-state index contributed by atoms with van der Waals surface area (Å²) in [6, 6.07) is 9.11. The maximum Gasteiger partial charge on any atom is 0.124 e. The molecule has 0 fully saturated rings. The number of thiophene rings is 1. The van der Waals surface area contributed by atoms with Crippen LogP contribution >= 0.6 is 11.3 Å². The molecule has 25 heavy (non-hydrogen) atoms. The molecule has 128 valence electrons. The van der Waals surface area contributed by atoms with E-state index in [-0.39, 0.29) is 0 Å². The molecule has 0 radical (unpaired) electrons. The minimum atomic E-state index is 0.768. The summed E-state index contributed by atoms with van der Waals surface area (Å²) < 4.78 is 0. The fourth-order valence-corrected chi connectivity index (χ4v) is 6.04. The first-order valence-electron chi connectivity index (χ1n) is 9.73. The van der Waals surface area contributed by atoms with Crippen molar-refractivity contribution in [3.63, 3.8) is 0 Å². The van der Waals surface area contributed by atoms with Crippen LogP contribution < -0.4 is 0 Å². The molecule has 2 heterocycles. The van der Waals surface area contributed by atoms with E-state index in [4.69, 9.17) is 4.98 Å². The van der Waals surface area contributed by atoms with E-state index >= 15 is 0 Å². The van der Waals surface area contributed by atoms with Crippen molar-refractivity contribution in [2.45, 2.75) is 58.8 Å². The zero-order chi connectivity index (χ0) is 17.0. The number of fused-ring (bicyclic) bond motifs is 4. The minimum Gasteiger partial charge on any atom is -0.242 e. The van der Waals surface area contributed by atoms with E-state index in [0.29, 0.717) is 0 Å². The van der Waals surface area contributed by atoms with E-state index in [1.165, 1.54) is 71.1 Å². The number of nitrogens with zero attached hydrogens (tertiary/aromatic N) is 1. The van der Waals surface area contributed by atoms with E-state index in [1.54, 1.807) is 16.0 Å². The zero-order valence-electron chi connectivity index (χ0n) is 15.2. The lowest BCUT2D eigenvalue weighted by molar-refractivity contribution is 0.496. The molecule has 5 rings (SSSR count). The Morgan fingerprint density at radius 3 is 2.84 bits per heavy atom. The molecule has 2 aliphatic carbocycles. The van der Waals surface area contributed by atoms with Gasteiger partial charge in [0.25, 0.3) is 0 Å². The molecule has 1 nitrogen and oxygen atoms in total. The lowest BCUT2D eigenvalue weighted by Gasteiger charge is -2.25. The highest BCUT2D eigenvalue weighted by Gasteiger charge is 2.27. The topological polar surface area (TPSA) is 12.9 Å². The van der Waals surface area contributed by atoms with Gasteiger partial charge in [0.1, 0.15) is 4.83 Å². The van der Waals surface area contributed by atoms with Gasteiger partial charge in [-0.2, -0.15) is 0 Å². The highest BCUT2D eigenvalue weighted by Crippen LogP contribution is 2.45. The van der Waals surface area contributed by atoms with Gasteiger partial charge >= 0.3 is 0 Å². The van der Waals surface area contributed by atoms with Gasteiger partial charge in [-0.3, -0.25) is 0 Å². The van der Waals surface area contributed by atoms with Gasteiger partial charge in [-0.05, 0) is 80.0 Å². The predicted molar refractivity (Wildman–Crippen MR) is 108 cm³/mol. The predicted octanol–water partition coefficient (Wildman–Crippen LogP) is 6.28. The van der Waals surface area contributed by atoms with Crippen LogP contribution in [0.25, 0.3) is 21.3 Å². The second-order valence-electron chi connectivity index (χ2n) is 8.02. The maximum absolute atomic E-state index is 5.18. The number of pyridine rings is 1. The zero-order valence-corrected chi connectivity index (χ0v) is 16.0. The monoisotopic (exact) mass is 347 g/mol. The third-order valence-corrected chi connectivity index (χ3v) is 7.21. The Bertz CT molecular complexity index is 966. The van der Waals surface area contributed by atoms with Crippen LogP contribution in [0.1, 0.15) is 53.4 Å². The van der Waals surface area contributed by atoms with Crippen molar-refractivity contribution in [2.24, 2.45) is 5.92 Å². The molecule has 1 aromatic carbocycles. The van der Waals surface area contributed by atoms with Gasteiger partial charge in [-0.1, -0.05) is 36.8 Å². The smallest absolute Gasteiger partial charge is 0.124 e. The van der Waals surface area contributed by atoms with E-state index < -0.39 is 0 Å². The van der Waals surface area contributed by atoms with Gasteiger partial charge in [0.2, 0.25) is 0 Å². The summed E-state index contributed by atoms with van der Waals surface area (Å²) in [6.45, 7) is 4.61. The quantitative estimate of drug-likeness (QED) is 0.505. The molecule has 0 unspecified atom stereocenters. The second-order valence-corrected chi connectivity index (χ2v) is 9.10. The molecule has 0 aliphatic heterocycles. The Hall–Kier alpha value is -1.67. The molecule has 0 N–H and O–H groups in total. The van der Waals surface area contributed by atoms with Crippen LogP contribution in [0, 0.1) is 12.8 Å². The summed E-state index contributed by atoms with van der Waals surface area (Å²) in [6.07, 6.45) is 8.79. The first-order chi connectivity index (χ1) is 12.2. The van der Waals surface area contributed by atoms with Crippen LogP contribution in [0.15, 0.2) is 24.3 Å². The molecule has 0 spiro atoms. The van der Waals surface area contributed by atoms with E-state index in [0.717, 1.165) is 12.3 Å². The summed E-state index contributed by atoms with van der Waals surface area (Å²) in [4.78, 5) is 8.09. The Morgan fingerprint density at radius 2 is 1.96 bits per heavy atom. The van der Waals surface area contributed by atoms with Crippen molar-refractivity contribution >= 4 is 21.6 Å². The van der Waals surface area contributed by atoms with Gasteiger partial charge in [0.15, 0.2) is 0 Å². The van der Waals surface area contributed by atoms with E-state index in [1.807, 2.05) is 11.3 Å². The van der Waals surface area contributed by atoms with Gasteiger partial charge in [-0.25, -0.2) is 4.98 Å². The highest BCUT2D eigenvalue weighted by molar-refractivity contribution is 7.19. The van der Waals surface area contributed by atoms with Crippen LogP contribution in [-0.4, -0.2) is 4.98 Å². The van der Waals surface area contributed by atoms with Crippen molar-refractivity contribution in [1.82, 2.24) is 4.98 Å². The van der Waals surface area contributed by atoms with E-state index in [2.05, 4.69) is 38.1 Å². The third kappa shape index (κ3) is 2.54. The average molecular weight is 348 g/mol.